The molecule has 0 radical (unpaired) electrons. The number of hydrogen-bond acceptors (Lipinski definition) is 6. The molecule has 3 rings (SSSR count). The molecule has 2 aromatic rings. The molecule has 0 aromatic heterocycles. The van der Waals surface area contributed by atoms with Crippen LogP contribution in [0.25, 0.3) is 0 Å². The predicted molar refractivity (Wildman–Crippen MR) is 98.8 cm³/mol. The van der Waals surface area contributed by atoms with E-state index in [-0.39, 0.29) is 6.61 Å². The van der Waals surface area contributed by atoms with E-state index in [9.17, 15) is 14.4 Å². The van der Waals surface area contributed by atoms with Crippen molar-refractivity contribution in [2.75, 3.05) is 13.2 Å². The number of fused-ring (bicyclic) bond motifs is 1. The summed E-state index contributed by atoms with van der Waals surface area (Å²) in [6.07, 6.45) is -0.910. The second-order valence-electron chi connectivity index (χ2n) is 6.23. The molecule has 1 aliphatic rings. The molecule has 146 valence electrons. The molecule has 1 heterocycles. The molecule has 0 saturated carbocycles. The Balaban J connectivity index is 1.45. The van der Waals surface area contributed by atoms with Gasteiger partial charge in [-0.05, 0) is 43.2 Å². The van der Waals surface area contributed by atoms with Gasteiger partial charge in [-0.15, -0.1) is 0 Å². The summed E-state index contributed by atoms with van der Waals surface area (Å²) in [5.41, 5.74) is 6.54. The Labute approximate surface area is 161 Å². The number of hydrazine groups is 1. The maximum atomic E-state index is 12.1. The number of esters is 1. The van der Waals surface area contributed by atoms with Crippen LogP contribution in [0.15, 0.2) is 42.5 Å². The zero-order valence-corrected chi connectivity index (χ0v) is 15.5. The summed E-state index contributed by atoms with van der Waals surface area (Å²) in [4.78, 5) is 36.1. The molecule has 28 heavy (non-hydrogen) atoms. The van der Waals surface area contributed by atoms with Crippen molar-refractivity contribution in [2.45, 2.75) is 20.0 Å². The lowest BCUT2D eigenvalue weighted by molar-refractivity contribution is -0.135. The molecule has 0 aliphatic carbocycles. The van der Waals surface area contributed by atoms with Crippen molar-refractivity contribution >= 4 is 17.8 Å². The van der Waals surface area contributed by atoms with Crippen LogP contribution in [0.5, 0.6) is 11.5 Å². The van der Waals surface area contributed by atoms with Crippen LogP contribution in [-0.4, -0.2) is 37.1 Å². The lowest BCUT2D eigenvalue weighted by Crippen LogP contribution is -2.51. The van der Waals surface area contributed by atoms with Gasteiger partial charge in [0.1, 0.15) is 6.61 Å². The zero-order valence-electron chi connectivity index (χ0n) is 15.5. The van der Waals surface area contributed by atoms with Crippen molar-refractivity contribution in [3.05, 3.63) is 59.2 Å². The highest BCUT2D eigenvalue weighted by atomic mass is 16.6. The van der Waals surface area contributed by atoms with Crippen LogP contribution >= 0.6 is 0 Å². The molecule has 2 aromatic carbocycles. The van der Waals surface area contributed by atoms with Gasteiger partial charge in [0.2, 0.25) is 6.10 Å². The second-order valence-corrected chi connectivity index (χ2v) is 6.23. The average Bonchev–Trinajstić information content (AvgIpc) is 2.71. The highest BCUT2D eigenvalue weighted by Gasteiger charge is 2.27. The molecular weight excluding hydrogens is 364 g/mol. The van der Waals surface area contributed by atoms with Crippen LogP contribution in [0.2, 0.25) is 0 Å². The summed E-state index contributed by atoms with van der Waals surface area (Å²) in [7, 11) is 0. The van der Waals surface area contributed by atoms with Gasteiger partial charge in [-0.3, -0.25) is 20.4 Å². The normalized spacial score (nSPS) is 14.7. The lowest BCUT2D eigenvalue weighted by Gasteiger charge is -2.25. The first kappa shape index (κ1) is 19.2. The first-order valence-corrected chi connectivity index (χ1v) is 8.66. The first-order valence-electron chi connectivity index (χ1n) is 8.66. The number of aryl methyl sites for hydroxylation is 1. The minimum absolute atomic E-state index is 0.0142. The van der Waals surface area contributed by atoms with E-state index in [1.54, 1.807) is 43.3 Å². The third-order valence-electron chi connectivity index (χ3n) is 4.29. The van der Waals surface area contributed by atoms with Gasteiger partial charge in [0.25, 0.3) is 11.8 Å². The molecule has 0 spiro atoms. The number of amides is 2. The number of carbonyl (C=O) groups excluding carboxylic acids is 3. The zero-order chi connectivity index (χ0) is 20.1. The quantitative estimate of drug-likeness (QED) is 0.611. The molecular formula is C20H20N2O6. The lowest BCUT2D eigenvalue weighted by atomic mass is 10.0. The van der Waals surface area contributed by atoms with Gasteiger partial charge in [0.05, 0.1) is 5.56 Å². The molecule has 1 aliphatic heterocycles. The van der Waals surface area contributed by atoms with Crippen LogP contribution in [0.4, 0.5) is 0 Å². The van der Waals surface area contributed by atoms with Gasteiger partial charge >= 0.3 is 5.97 Å². The topological polar surface area (TPSA) is 103 Å². The van der Waals surface area contributed by atoms with Crippen molar-refractivity contribution in [3.63, 3.8) is 0 Å². The van der Waals surface area contributed by atoms with Gasteiger partial charge in [-0.1, -0.05) is 24.3 Å². The van der Waals surface area contributed by atoms with E-state index in [4.69, 9.17) is 14.2 Å². The number of para-hydroxylation sites is 2. The largest absolute Gasteiger partial charge is 0.485 e. The Bertz CT molecular complexity index is 911. The van der Waals surface area contributed by atoms with Crippen LogP contribution in [0, 0.1) is 13.8 Å². The van der Waals surface area contributed by atoms with Crippen molar-refractivity contribution in [1.82, 2.24) is 10.9 Å². The van der Waals surface area contributed by atoms with Crippen LogP contribution in [0.1, 0.15) is 21.5 Å². The molecule has 1 atom stereocenters. The number of nitrogens with one attached hydrogen (secondary N) is 2. The molecule has 8 heteroatoms. The average molecular weight is 384 g/mol. The summed E-state index contributed by atoms with van der Waals surface area (Å²) in [5.74, 6) is -0.868. The number of benzene rings is 2. The molecule has 0 fully saturated rings. The van der Waals surface area contributed by atoms with Gasteiger partial charge < -0.3 is 14.2 Å². The summed E-state index contributed by atoms with van der Waals surface area (Å²) >= 11 is 0. The van der Waals surface area contributed by atoms with Gasteiger partial charge in [0, 0.05) is 0 Å². The first-order chi connectivity index (χ1) is 13.5. The third-order valence-corrected chi connectivity index (χ3v) is 4.29. The Morgan fingerprint density at radius 2 is 1.79 bits per heavy atom. The monoisotopic (exact) mass is 384 g/mol. The summed E-state index contributed by atoms with van der Waals surface area (Å²) < 4.78 is 16.0. The van der Waals surface area contributed by atoms with E-state index < -0.39 is 30.5 Å². The van der Waals surface area contributed by atoms with Crippen molar-refractivity contribution in [1.29, 1.82) is 0 Å². The minimum atomic E-state index is -0.910. The number of rotatable bonds is 4. The maximum Gasteiger partial charge on any atom is 0.338 e. The standard InChI is InChI=1S/C20H20N2O6/c1-12-6-5-7-14(13(12)2)20(25)27-11-18(23)21-22-19(24)17-10-26-15-8-3-4-9-16(15)28-17/h3-9,17H,10-11H2,1-2H3,(H,21,23)(H,22,24)/t17-/m1/s1. The van der Waals surface area contributed by atoms with Gasteiger partial charge in [-0.25, -0.2) is 4.79 Å². The highest BCUT2D eigenvalue weighted by molar-refractivity contribution is 5.93. The fourth-order valence-corrected chi connectivity index (χ4v) is 2.58. The summed E-state index contributed by atoms with van der Waals surface area (Å²) in [6.45, 7) is 3.16. The number of ether oxygens (including phenoxy) is 3. The van der Waals surface area contributed by atoms with Gasteiger partial charge in [-0.2, -0.15) is 0 Å². The van der Waals surface area contributed by atoms with Crippen LogP contribution in [0.3, 0.4) is 0 Å². The van der Waals surface area contributed by atoms with E-state index in [0.29, 0.717) is 17.1 Å². The van der Waals surface area contributed by atoms with E-state index in [1.165, 1.54) is 0 Å². The van der Waals surface area contributed by atoms with Gasteiger partial charge in [0.15, 0.2) is 18.1 Å². The Morgan fingerprint density at radius 1 is 1.04 bits per heavy atom. The van der Waals surface area contributed by atoms with Crippen LogP contribution in [-0.2, 0) is 14.3 Å². The molecule has 2 amide bonds. The molecule has 0 bridgehead atoms. The fourth-order valence-electron chi connectivity index (χ4n) is 2.58. The van der Waals surface area contributed by atoms with Crippen molar-refractivity contribution in [3.8, 4) is 11.5 Å². The Morgan fingerprint density at radius 3 is 2.57 bits per heavy atom. The second kappa shape index (κ2) is 8.43. The molecule has 8 nitrogen and oxygen atoms in total. The van der Waals surface area contributed by atoms with E-state index in [1.807, 2.05) is 13.0 Å². The van der Waals surface area contributed by atoms with E-state index in [0.717, 1.165) is 11.1 Å². The fraction of sp³-hybridized carbons (Fsp3) is 0.250. The highest BCUT2D eigenvalue weighted by Crippen LogP contribution is 2.30. The summed E-state index contributed by atoms with van der Waals surface area (Å²) in [6, 6.07) is 12.2. The Hall–Kier alpha value is -3.55. The van der Waals surface area contributed by atoms with E-state index in [2.05, 4.69) is 10.9 Å². The minimum Gasteiger partial charge on any atom is -0.485 e. The van der Waals surface area contributed by atoms with Crippen molar-refractivity contribution < 1.29 is 28.6 Å². The molecule has 2 N–H and O–H groups in total. The number of carbonyl (C=O) groups is 3. The van der Waals surface area contributed by atoms with E-state index >= 15 is 0 Å². The van der Waals surface area contributed by atoms with Crippen LogP contribution < -0.4 is 20.3 Å². The smallest absolute Gasteiger partial charge is 0.338 e. The molecule has 0 unspecified atom stereocenters. The molecule has 0 saturated heterocycles. The maximum absolute atomic E-state index is 12.1. The van der Waals surface area contributed by atoms with Crippen molar-refractivity contribution in [2.24, 2.45) is 0 Å². The Kier molecular flexibility index (Phi) is 5.78. The number of hydrogen-bond donors (Lipinski definition) is 2. The predicted octanol–water partition coefficient (Wildman–Crippen LogP) is 1.45. The SMILES string of the molecule is Cc1cccc(C(=O)OCC(=O)NNC(=O)[C@H]2COc3ccccc3O2)c1C. The third kappa shape index (κ3) is 4.40. The summed E-state index contributed by atoms with van der Waals surface area (Å²) in [5, 5.41) is 0.